The summed E-state index contributed by atoms with van der Waals surface area (Å²) in [6, 6.07) is 6.58. The van der Waals surface area contributed by atoms with E-state index < -0.39 is 44.1 Å². The highest BCUT2D eigenvalue weighted by atomic mass is 31.2. The summed E-state index contributed by atoms with van der Waals surface area (Å²) in [4.78, 5) is 24.8. The van der Waals surface area contributed by atoms with E-state index in [1.807, 2.05) is 0 Å². The molecule has 14 nitrogen and oxygen atoms in total. The van der Waals surface area contributed by atoms with Gasteiger partial charge >= 0.3 is 13.7 Å². The number of carbonyl (C=O) groups excluding carboxylic acids is 1. The Morgan fingerprint density at radius 2 is 1.91 bits per heavy atom. The van der Waals surface area contributed by atoms with Gasteiger partial charge in [-0.1, -0.05) is 24.6 Å². The monoisotopic (exact) mass is 656 g/mol. The van der Waals surface area contributed by atoms with Gasteiger partial charge in [-0.3, -0.25) is 13.9 Å². The number of hydrogen-bond donors (Lipinski definition) is 3. The molecule has 1 aliphatic rings. The first-order valence-corrected chi connectivity index (χ1v) is 16.1. The summed E-state index contributed by atoms with van der Waals surface area (Å²) in [6.07, 6.45) is 2.38. The Labute approximate surface area is 259 Å². The molecule has 2 unspecified atom stereocenters. The standard InChI is InChI=1S/C28H39F2N6O8P/c1-5-41-23-21-22(33-26(31)34-23)36(17-32-21)27(3,29)25(38)28(30,40-4)16-42-45(39,44-20-14-10-7-11-15-20)35-18(2)24(37)43-19-12-8-6-9-13-19/h7,10-11,14-15,17-19,25,38H,5-6,8-9,12-13,16H2,1-4H3,(H,35,39)(H2,31,33,34)/t18?,25-,27-,28+,45?/m0/s1. The van der Waals surface area contributed by atoms with E-state index >= 15 is 8.78 Å². The Morgan fingerprint density at radius 3 is 2.56 bits per heavy atom. The number of anilines is 1. The molecule has 45 heavy (non-hydrogen) atoms. The lowest BCUT2D eigenvalue weighted by Crippen LogP contribution is -2.55. The van der Waals surface area contributed by atoms with Crippen molar-refractivity contribution in [3.63, 3.8) is 0 Å². The van der Waals surface area contributed by atoms with Crippen LogP contribution in [0.5, 0.6) is 11.6 Å². The summed E-state index contributed by atoms with van der Waals surface area (Å²) in [5, 5.41) is 13.5. The van der Waals surface area contributed by atoms with Gasteiger partial charge in [0.25, 0.3) is 5.85 Å². The summed E-state index contributed by atoms with van der Waals surface area (Å²) in [5.41, 5.74) is 5.57. The van der Waals surface area contributed by atoms with E-state index in [1.165, 1.54) is 19.1 Å². The Hall–Kier alpha value is -3.43. The van der Waals surface area contributed by atoms with Crippen LogP contribution in [0, 0.1) is 0 Å². The van der Waals surface area contributed by atoms with E-state index in [-0.39, 0.29) is 41.5 Å². The number of nitrogen functional groups attached to an aromatic ring is 1. The van der Waals surface area contributed by atoms with Gasteiger partial charge in [0, 0.05) is 7.11 Å². The molecule has 0 saturated heterocycles. The fourth-order valence-electron chi connectivity index (χ4n) is 4.84. The summed E-state index contributed by atoms with van der Waals surface area (Å²) >= 11 is 0. The number of ether oxygens (including phenoxy) is 3. The molecule has 0 amide bonds. The number of imidazole rings is 1. The second-order valence-electron chi connectivity index (χ2n) is 10.7. The quantitative estimate of drug-likeness (QED) is 0.157. The van der Waals surface area contributed by atoms with Crippen molar-refractivity contribution in [3.8, 4) is 11.6 Å². The first kappa shape index (κ1) is 34.4. The number of nitrogens with one attached hydrogen (secondary N) is 1. The average Bonchev–Trinajstić information content (AvgIpc) is 3.45. The smallest absolute Gasteiger partial charge is 0.459 e. The van der Waals surface area contributed by atoms with Crippen LogP contribution in [0.1, 0.15) is 52.9 Å². The molecule has 17 heteroatoms. The first-order chi connectivity index (χ1) is 21.3. The second-order valence-corrected chi connectivity index (χ2v) is 12.4. The Morgan fingerprint density at radius 1 is 1.22 bits per heavy atom. The van der Waals surface area contributed by atoms with Crippen LogP contribution in [-0.4, -0.2) is 75.0 Å². The number of nitrogens with zero attached hydrogens (tertiary/aromatic N) is 4. The number of hydrogen-bond acceptors (Lipinski definition) is 12. The normalized spacial score (nSPS) is 19.5. The number of methoxy groups -OCH3 is 1. The van der Waals surface area contributed by atoms with Gasteiger partial charge in [-0.15, -0.1) is 0 Å². The summed E-state index contributed by atoms with van der Waals surface area (Å²) in [7, 11) is -3.74. The molecule has 1 aliphatic carbocycles. The van der Waals surface area contributed by atoms with Crippen LogP contribution >= 0.6 is 7.75 Å². The molecule has 0 bridgehead atoms. The first-order valence-electron chi connectivity index (χ1n) is 14.5. The third kappa shape index (κ3) is 8.05. The summed E-state index contributed by atoms with van der Waals surface area (Å²) < 4.78 is 74.2. The van der Waals surface area contributed by atoms with Crippen LogP contribution in [0.25, 0.3) is 11.2 Å². The van der Waals surface area contributed by atoms with Crippen molar-refractivity contribution in [2.24, 2.45) is 0 Å². The lowest BCUT2D eigenvalue weighted by atomic mass is 9.98. The highest BCUT2D eigenvalue weighted by Gasteiger charge is 2.54. The molecular formula is C28H39F2N6O8P. The van der Waals surface area contributed by atoms with Gasteiger partial charge in [0.2, 0.25) is 17.6 Å². The topological polar surface area (TPSA) is 182 Å². The van der Waals surface area contributed by atoms with Gasteiger partial charge in [-0.05, 0) is 58.6 Å². The highest BCUT2D eigenvalue weighted by Crippen LogP contribution is 2.47. The number of fused-ring (bicyclic) bond motifs is 1. The van der Waals surface area contributed by atoms with E-state index in [4.69, 9.17) is 29.0 Å². The van der Waals surface area contributed by atoms with Crippen molar-refractivity contribution >= 4 is 30.8 Å². The Kier molecular flexibility index (Phi) is 11.0. The number of aliphatic hydroxyl groups is 1. The van der Waals surface area contributed by atoms with E-state index in [1.54, 1.807) is 25.1 Å². The van der Waals surface area contributed by atoms with E-state index in [0.29, 0.717) is 12.8 Å². The minimum absolute atomic E-state index is 0.0133. The number of aliphatic hydroxyl groups excluding tert-OH is 1. The number of halogens is 2. The average molecular weight is 657 g/mol. The van der Waals surface area contributed by atoms with E-state index in [0.717, 1.165) is 44.2 Å². The minimum atomic E-state index is -4.60. The molecule has 1 saturated carbocycles. The number of benzene rings is 1. The Balaban J connectivity index is 1.57. The van der Waals surface area contributed by atoms with Gasteiger partial charge in [-0.2, -0.15) is 15.1 Å². The third-order valence-corrected chi connectivity index (χ3v) is 8.94. The molecule has 1 fully saturated rings. The van der Waals surface area contributed by atoms with E-state index in [9.17, 15) is 14.5 Å². The number of para-hydroxylation sites is 1. The van der Waals surface area contributed by atoms with Crippen molar-refractivity contribution in [1.82, 2.24) is 24.6 Å². The molecular weight excluding hydrogens is 617 g/mol. The molecule has 4 N–H and O–H groups in total. The molecule has 0 spiro atoms. The van der Waals surface area contributed by atoms with Crippen molar-refractivity contribution in [2.75, 3.05) is 26.1 Å². The maximum absolute atomic E-state index is 16.4. The largest absolute Gasteiger partial charge is 0.476 e. The molecule has 0 aliphatic heterocycles. The fourth-order valence-corrected chi connectivity index (χ4v) is 6.35. The van der Waals surface area contributed by atoms with Crippen LogP contribution in [0.15, 0.2) is 36.7 Å². The third-order valence-electron chi connectivity index (χ3n) is 7.32. The zero-order valence-electron chi connectivity index (χ0n) is 25.5. The van der Waals surface area contributed by atoms with Gasteiger partial charge < -0.3 is 29.6 Å². The molecule has 1 aromatic carbocycles. The number of rotatable bonds is 15. The number of aromatic nitrogens is 4. The van der Waals surface area contributed by atoms with Gasteiger partial charge in [0.1, 0.15) is 24.5 Å². The Bertz CT molecular complexity index is 1490. The van der Waals surface area contributed by atoms with Crippen LogP contribution in [0.4, 0.5) is 14.7 Å². The van der Waals surface area contributed by atoms with Crippen LogP contribution in [0.3, 0.4) is 0 Å². The van der Waals surface area contributed by atoms with Crippen LogP contribution in [0.2, 0.25) is 0 Å². The molecule has 248 valence electrons. The zero-order valence-corrected chi connectivity index (χ0v) is 26.4. The SMILES string of the molecule is CCOc1nc(N)nc2c1ncn2[C@](C)(F)[C@H](O)[C@@](F)(COP(=O)(NC(C)C(=O)OC1CCCCC1)Oc1ccccc1)OC. The van der Waals surface area contributed by atoms with Gasteiger partial charge in [0.05, 0.1) is 12.9 Å². The molecule has 2 aromatic heterocycles. The lowest BCUT2D eigenvalue weighted by Gasteiger charge is -2.37. The summed E-state index contributed by atoms with van der Waals surface area (Å²) in [6.45, 7) is 2.82. The number of esters is 1. The molecule has 5 atom stereocenters. The van der Waals surface area contributed by atoms with Gasteiger partial charge in [-0.25, -0.2) is 18.3 Å². The molecule has 3 aromatic rings. The number of nitrogens with two attached hydrogens (primary N) is 1. The van der Waals surface area contributed by atoms with Crippen molar-refractivity contribution in [2.45, 2.75) is 82.8 Å². The number of carbonyl (C=O) groups is 1. The fraction of sp³-hybridized carbons (Fsp3) is 0.571. The van der Waals surface area contributed by atoms with E-state index in [2.05, 4.69) is 20.0 Å². The maximum atomic E-state index is 16.4. The van der Waals surface area contributed by atoms with Crippen molar-refractivity contribution in [1.29, 1.82) is 0 Å². The lowest BCUT2D eigenvalue weighted by molar-refractivity contribution is -0.253. The maximum Gasteiger partial charge on any atom is 0.459 e. The predicted molar refractivity (Wildman–Crippen MR) is 159 cm³/mol. The van der Waals surface area contributed by atoms with Crippen LogP contribution in [-0.2, 0) is 29.1 Å². The predicted octanol–water partition coefficient (Wildman–Crippen LogP) is 4.18. The van der Waals surface area contributed by atoms with Gasteiger partial charge in [0.15, 0.2) is 17.3 Å². The minimum Gasteiger partial charge on any atom is -0.476 e. The molecule has 0 radical (unpaired) electrons. The molecule has 2 heterocycles. The molecule has 4 rings (SSSR count). The van der Waals surface area contributed by atoms with Crippen molar-refractivity contribution in [3.05, 3.63) is 36.7 Å². The highest BCUT2D eigenvalue weighted by molar-refractivity contribution is 7.52. The van der Waals surface area contributed by atoms with Crippen LogP contribution < -0.4 is 20.1 Å². The number of alkyl halides is 2. The summed E-state index contributed by atoms with van der Waals surface area (Å²) in [5.74, 6) is -7.29. The van der Waals surface area contributed by atoms with Crippen molar-refractivity contribution < 1.29 is 46.5 Å². The second kappa shape index (κ2) is 14.3. The zero-order chi connectivity index (χ0) is 32.8.